The topological polar surface area (TPSA) is 53.9 Å². The highest BCUT2D eigenvalue weighted by atomic mass is 19.1. The zero-order valence-corrected chi connectivity index (χ0v) is 15.7. The number of nitrogens with zero attached hydrogens (tertiary/aromatic N) is 1. The van der Waals surface area contributed by atoms with Crippen molar-refractivity contribution < 1.29 is 18.9 Å². The normalized spacial score (nSPS) is 16.0. The van der Waals surface area contributed by atoms with E-state index in [0.717, 1.165) is 31.9 Å². The molecule has 0 bridgehead atoms. The molecule has 142 valence electrons. The molecule has 2 N–H and O–H groups in total. The number of halogens is 1. The number of piperazine rings is 1. The number of carbonyl (C=O) groups excluding carboxylic acids is 2. The van der Waals surface area contributed by atoms with Gasteiger partial charge in [-0.25, -0.2) is 4.39 Å². The van der Waals surface area contributed by atoms with Crippen molar-refractivity contribution in [2.45, 2.75) is 19.9 Å². The van der Waals surface area contributed by atoms with E-state index in [9.17, 15) is 14.0 Å². The Bertz CT molecular complexity index is 797. The number of rotatable bonds is 5. The Kier molecular flexibility index (Phi) is 5.86. The average molecular weight is 370 g/mol. The molecule has 1 heterocycles. The molecule has 6 heteroatoms. The van der Waals surface area contributed by atoms with E-state index in [0.29, 0.717) is 11.3 Å². The van der Waals surface area contributed by atoms with Gasteiger partial charge in [0.2, 0.25) is 0 Å². The van der Waals surface area contributed by atoms with Gasteiger partial charge in [0, 0.05) is 16.9 Å². The molecule has 1 aliphatic rings. The van der Waals surface area contributed by atoms with Crippen LogP contribution in [0.15, 0.2) is 48.5 Å². The van der Waals surface area contributed by atoms with Crippen LogP contribution in [-0.2, 0) is 4.79 Å². The van der Waals surface area contributed by atoms with E-state index < -0.39 is 0 Å². The van der Waals surface area contributed by atoms with Crippen molar-refractivity contribution in [3.05, 3.63) is 59.9 Å². The molecule has 0 saturated carbocycles. The summed E-state index contributed by atoms with van der Waals surface area (Å²) in [5, 5.41) is 2.93. The van der Waals surface area contributed by atoms with Crippen molar-refractivity contribution in [2.75, 3.05) is 36.4 Å². The predicted molar refractivity (Wildman–Crippen MR) is 104 cm³/mol. The number of ketones is 1. The Morgan fingerprint density at radius 1 is 1.04 bits per heavy atom. The van der Waals surface area contributed by atoms with Crippen LogP contribution in [0.2, 0.25) is 0 Å². The highest BCUT2D eigenvalue weighted by Crippen LogP contribution is 2.14. The number of carbonyl (C=O) groups is 2. The molecular weight excluding hydrogens is 345 g/mol. The SMILES string of the molecule is CC(=O)c1ccc(NC(=O)[C@H](C)[NH+]2CCN(c3ccc(F)cc3)CC2)cc1. The third-order valence-electron chi connectivity index (χ3n) is 5.16. The standard InChI is InChI=1S/C21H24FN3O2/c1-15(21(27)23-19-7-3-17(4-8-19)16(2)26)24-11-13-25(14-12-24)20-9-5-18(22)6-10-20/h3-10,15H,11-14H2,1-2H3,(H,23,27)/p+1/t15-/m0/s1. The highest BCUT2D eigenvalue weighted by molar-refractivity contribution is 5.96. The molecule has 0 aliphatic carbocycles. The molecule has 2 aromatic carbocycles. The molecule has 0 radical (unpaired) electrons. The maximum atomic E-state index is 13.1. The number of hydrogen-bond donors (Lipinski definition) is 2. The molecule has 1 amide bonds. The fourth-order valence-corrected chi connectivity index (χ4v) is 3.36. The lowest BCUT2D eigenvalue weighted by molar-refractivity contribution is -0.914. The smallest absolute Gasteiger partial charge is 0.282 e. The first-order valence-electron chi connectivity index (χ1n) is 9.21. The maximum absolute atomic E-state index is 13.1. The van der Waals surface area contributed by atoms with Crippen LogP contribution < -0.4 is 15.1 Å². The number of benzene rings is 2. The summed E-state index contributed by atoms with van der Waals surface area (Å²) in [7, 11) is 0. The van der Waals surface area contributed by atoms with Crippen LogP contribution in [0.3, 0.4) is 0 Å². The van der Waals surface area contributed by atoms with Crippen molar-refractivity contribution in [2.24, 2.45) is 0 Å². The van der Waals surface area contributed by atoms with Crippen LogP contribution in [0.4, 0.5) is 15.8 Å². The molecule has 0 spiro atoms. The molecule has 0 aromatic heterocycles. The van der Waals surface area contributed by atoms with Gasteiger partial charge in [-0.2, -0.15) is 0 Å². The summed E-state index contributed by atoms with van der Waals surface area (Å²) in [6.07, 6.45) is 0. The van der Waals surface area contributed by atoms with Gasteiger partial charge >= 0.3 is 0 Å². The fraction of sp³-hybridized carbons (Fsp3) is 0.333. The van der Waals surface area contributed by atoms with Crippen LogP contribution in [0, 0.1) is 5.82 Å². The third-order valence-corrected chi connectivity index (χ3v) is 5.16. The summed E-state index contributed by atoms with van der Waals surface area (Å²) in [4.78, 5) is 27.3. The van der Waals surface area contributed by atoms with E-state index >= 15 is 0 Å². The van der Waals surface area contributed by atoms with Crippen molar-refractivity contribution in [1.82, 2.24) is 0 Å². The summed E-state index contributed by atoms with van der Waals surface area (Å²) in [6, 6.07) is 13.3. The molecule has 0 unspecified atom stereocenters. The second kappa shape index (κ2) is 8.31. The van der Waals surface area contributed by atoms with E-state index in [1.54, 1.807) is 36.4 Å². The van der Waals surface area contributed by atoms with Crippen molar-refractivity contribution in [3.8, 4) is 0 Å². The lowest BCUT2D eigenvalue weighted by Crippen LogP contribution is -3.19. The first-order valence-corrected chi connectivity index (χ1v) is 9.21. The number of amides is 1. The summed E-state index contributed by atoms with van der Waals surface area (Å²) < 4.78 is 13.1. The minimum absolute atomic E-state index is 0.00437. The summed E-state index contributed by atoms with van der Waals surface area (Å²) in [6.45, 7) is 6.79. The number of nitrogens with one attached hydrogen (secondary N) is 2. The second-order valence-corrected chi connectivity index (χ2v) is 6.97. The lowest BCUT2D eigenvalue weighted by Gasteiger charge is -2.36. The minimum Gasteiger partial charge on any atom is -0.360 e. The van der Waals surface area contributed by atoms with E-state index in [2.05, 4.69) is 10.2 Å². The van der Waals surface area contributed by atoms with Gasteiger partial charge in [0.15, 0.2) is 11.8 Å². The largest absolute Gasteiger partial charge is 0.360 e. The lowest BCUT2D eigenvalue weighted by atomic mass is 10.1. The Morgan fingerprint density at radius 3 is 2.19 bits per heavy atom. The van der Waals surface area contributed by atoms with Crippen LogP contribution >= 0.6 is 0 Å². The molecule has 1 atom stereocenters. The van der Waals surface area contributed by atoms with Crippen LogP contribution in [0.25, 0.3) is 0 Å². The monoisotopic (exact) mass is 370 g/mol. The molecule has 5 nitrogen and oxygen atoms in total. The van der Waals surface area contributed by atoms with E-state index in [1.807, 2.05) is 6.92 Å². The zero-order valence-electron chi connectivity index (χ0n) is 15.7. The Labute approximate surface area is 158 Å². The first-order chi connectivity index (χ1) is 12.9. The number of Topliss-reactive ketones (excluding diaryl/α,β-unsaturated/α-hetero) is 1. The molecule has 27 heavy (non-hydrogen) atoms. The van der Waals surface area contributed by atoms with Crippen LogP contribution in [0.1, 0.15) is 24.2 Å². The maximum Gasteiger partial charge on any atom is 0.282 e. The van der Waals surface area contributed by atoms with Crippen molar-refractivity contribution in [1.29, 1.82) is 0 Å². The number of anilines is 2. The molecule has 2 aromatic rings. The quantitative estimate of drug-likeness (QED) is 0.789. The Morgan fingerprint density at radius 2 is 1.63 bits per heavy atom. The van der Waals surface area contributed by atoms with E-state index in [-0.39, 0.29) is 23.5 Å². The van der Waals surface area contributed by atoms with Gasteiger partial charge in [0.1, 0.15) is 5.82 Å². The van der Waals surface area contributed by atoms with E-state index in [1.165, 1.54) is 24.0 Å². The average Bonchev–Trinajstić information content (AvgIpc) is 2.68. The minimum atomic E-state index is -0.232. The summed E-state index contributed by atoms with van der Waals surface area (Å²) in [5.74, 6) is -0.259. The van der Waals surface area contributed by atoms with Crippen molar-refractivity contribution >= 4 is 23.1 Å². The molecule has 3 rings (SSSR count). The van der Waals surface area contributed by atoms with Gasteiger partial charge in [-0.15, -0.1) is 0 Å². The predicted octanol–water partition coefficient (Wildman–Crippen LogP) is 1.76. The Hall–Kier alpha value is -2.73. The van der Waals surface area contributed by atoms with Gasteiger partial charge in [-0.3, -0.25) is 9.59 Å². The van der Waals surface area contributed by atoms with Gasteiger partial charge in [-0.1, -0.05) is 0 Å². The molecule has 1 saturated heterocycles. The third kappa shape index (κ3) is 4.71. The molecule has 1 fully saturated rings. The van der Waals surface area contributed by atoms with Crippen LogP contribution in [0.5, 0.6) is 0 Å². The zero-order chi connectivity index (χ0) is 19.4. The summed E-state index contributed by atoms with van der Waals surface area (Å²) >= 11 is 0. The first kappa shape index (κ1) is 19.0. The molecule has 1 aliphatic heterocycles. The number of hydrogen-bond acceptors (Lipinski definition) is 3. The Balaban J connectivity index is 1.53. The van der Waals surface area contributed by atoms with Gasteiger partial charge in [0.05, 0.1) is 26.2 Å². The van der Waals surface area contributed by atoms with Gasteiger partial charge in [0.25, 0.3) is 5.91 Å². The second-order valence-electron chi connectivity index (χ2n) is 6.97. The summed E-state index contributed by atoms with van der Waals surface area (Å²) in [5.41, 5.74) is 2.34. The van der Waals surface area contributed by atoms with Crippen LogP contribution in [-0.4, -0.2) is 43.9 Å². The molecular formula is C21H25FN3O2+. The van der Waals surface area contributed by atoms with Gasteiger partial charge in [-0.05, 0) is 62.4 Å². The fourth-order valence-electron chi connectivity index (χ4n) is 3.36. The number of quaternary nitrogens is 1. The van der Waals surface area contributed by atoms with Gasteiger partial charge < -0.3 is 15.1 Å². The van der Waals surface area contributed by atoms with Crippen molar-refractivity contribution in [3.63, 3.8) is 0 Å². The highest BCUT2D eigenvalue weighted by Gasteiger charge is 2.29. The van der Waals surface area contributed by atoms with E-state index in [4.69, 9.17) is 0 Å².